The molecule has 2 aromatic carbocycles. The van der Waals surface area contributed by atoms with Crippen molar-refractivity contribution in [1.29, 1.82) is 0 Å². The lowest BCUT2D eigenvalue weighted by molar-refractivity contribution is 0.0549. The van der Waals surface area contributed by atoms with Gasteiger partial charge in [0.1, 0.15) is 30.0 Å². The van der Waals surface area contributed by atoms with Gasteiger partial charge in [-0.3, -0.25) is 4.90 Å². The highest BCUT2D eigenvalue weighted by Gasteiger charge is 2.13. The van der Waals surface area contributed by atoms with Crippen LogP contribution in [-0.2, 0) is 12.8 Å². The first-order chi connectivity index (χ1) is 15.6. The van der Waals surface area contributed by atoms with E-state index in [4.69, 9.17) is 24.4 Å². The van der Waals surface area contributed by atoms with E-state index in [1.807, 2.05) is 41.3 Å². The minimum Gasteiger partial charge on any atom is -0.497 e. The topological polar surface area (TPSA) is 91.6 Å². The molecule has 1 atom stereocenters. The fraction of sp³-hybridized carbons (Fsp3) is 0.520. The van der Waals surface area contributed by atoms with Gasteiger partial charge in [0.15, 0.2) is 0 Å². The van der Waals surface area contributed by atoms with Gasteiger partial charge in [0.05, 0.1) is 27.4 Å². The van der Waals surface area contributed by atoms with Crippen LogP contribution in [0.15, 0.2) is 42.5 Å². The molecular formula is C25H37NO6. The summed E-state index contributed by atoms with van der Waals surface area (Å²) in [4.78, 5) is 1.81. The number of hydrogen-bond donors (Lipinski definition) is 3. The summed E-state index contributed by atoms with van der Waals surface area (Å²) in [7, 11) is 3.31. The molecule has 7 nitrogen and oxygen atoms in total. The van der Waals surface area contributed by atoms with Gasteiger partial charge in [0.2, 0.25) is 0 Å². The van der Waals surface area contributed by atoms with Crippen LogP contribution in [0.2, 0.25) is 0 Å². The fourth-order valence-corrected chi connectivity index (χ4v) is 3.62. The minimum absolute atomic E-state index is 0.0149. The largest absolute Gasteiger partial charge is 0.497 e. The Morgan fingerprint density at radius 2 is 1.50 bits per heavy atom. The Bertz CT molecular complexity index is 757. The van der Waals surface area contributed by atoms with Gasteiger partial charge in [-0.1, -0.05) is 18.2 Å². The van der Waals surface area contributed by atoms with Crippen molar-refractivity contribution < 1.29 is 29.5 Å². The normalized spacial score (nSPS) is 12.1. The van der Waals surface area contributed by atoms with Crippen molar-refractivity contribution in [3.63, 3.8) is 0 Å². The number of benzene rings is 2. The van der Waals surface area contributed by atoms with Gasteiger partial charge in [-0.15, -0.1) is 0 Å². The summed E-state index contributed by atoms with van der Waals surface area (Å²) in [5, 5.41) is 28.5. The number of para-hydroxylation sites is 1. The fourth-order valence-electron chi connectivity index (χ4n) is 3.62. The van der Waals surface area contributed by atoms with E-state index in [-0.39, 0.29) is 19.8 Å². The lowest BCUT2D eigenvalue weighted by Gasteiger charge is -2.23. The van der Waals surface area contributed by atoms with Crippen LogP contribution >= 0.6 is 0 Å². The van der Waals surface area contributed by atoms with Crippen molar-refractivity contribution in [2.24, 2.45) is 0 Å². The predicted molar refractivity (Wildman–Crippen MR) is 125 cm³/mol. The van der Waals surface area contributed by atoms with Gasteiger partial charge >= 0.3 is 0 Å². The first kappa shape index (κ1) is 25.9. The molecule has 2 aromatic rings. The second kappa shape index (κ2) is 14.7. The van der Waals surface area contributed by atoms with E-state index in [1.54, 1.807) is 14.2 Å². The molecule has 0 aliphatic carbocycles. The van der Waals surface area contributed by atoms with Gasteiger partial charge in [-0.2, -0.15) is 0 Å². The number of ether oxygens (including phenoxy) is 3. The Morgan fingerprint density at radius 3 is 2.12 bits per heavy atom. The third-order valence-corrected chi connectivity index (χ3v) is 5.28. The Labute approximate surface area is 191 Å². The zero-order chi connectivity index (χ0) is 23.2. The zero-order valence-electron chi connectivity index (χ0n) is 19.2. The summed E-state index contributed by atoms with van der Waals surface area (Å²) < 4.78 is 16.6. The number of unbranched alkanes of at least 4 members (excludes halogenated alkanes) is 1. The highest BCUT2D eigenvalue weighted by Crippen LogP contribution is 2.25. The Hall–Kier alpha value is -2.32. The van der Waals surface area contributed by atoms with Crippen LogP contribution in [0.1, 0.15) is 24.0 Å². The Balaban J connectivity index is 1.83. The number of hydrogen-bond acceptors (Lipinski definition) is 7. The van der Waals surface area contributed by atoms with Crippen LogP contribution in [0, 0.1) is 0 Å². The Kier molecular flexibility index (Phi) is 11.9. The smallest absolute Gasteiger partial charge is 0.122 e. The summed E-state index contributed by atoms with van der Waals surface area (Å²) in [5.41, 5.74) is 2.30. The molecule has 0 spiro atoms. The van der Waals surface area contributed by atoms with Gasteiger partial charge in [-0.05, 0) is 55.0 Å². The molecule has 0 aliphatic heterocycles. The van der Waals surface area contributed by atoms with E-state index in [9.17, 15) is 5.11 Å². The van der Waals surface area contributed by atoms with Crippen LogP contribution in [0.3, 0.4) is 0 Å². The Morgan fingerprint density at radius 1 is 0.875 bits per heavy atom. The summed E-state index contributed by atoms with van der Waals surface area (Å²) in [6.45, 7) is 1.29. The molecule has 0 saturated carbocycles. The average Bonchev–Trinajstić information content (AvgIpc) is 2.81. The monoisotopic (exact) mass is 447 g/mol. The molecule has 0 aliphatic rings. The maximum atomic E-state index is 10.3. The molecule has 0 bridgehead atoms. The van der Waals surface area contributed by atoms with E-state index < -0.39 is 6.10 Å². The van der Waals surface area contributed by atoms with Crippen molar-refractivity contribution >= 4 is 0 Å². The van der Waals surface area contributed by atoms with Gasteiger partial charge in [0, 0.05) is 25.7 Å². The third kappa shape index (κ3) is 9.04. The van der Waals surface area contributed by atoms with Crippen LogP contribution in [0.25, 0.3) is 0 Å². The van der Waals surface area contributed by atoms with Crippen molar-refractivity contribution in [3.8, 4) is 17.2 Å². The van der Waals surface area contributed by atoms with Crippen molar-refractivity contribution in [2.75, 3.05) is 53.7 Å². The number of methoxy groups -OCH3 is 2. The van der Waals surface area contributed by atoms with E-state index in [1.165, 1.54) is 5.56 Å². The molecule has 7 heteroatoms. The van der Waals surface area contributed by atoms with Crippen molar-refractivity contribution in [1.82, 2.24) is 4.90 Å². The molecule has 2 rings (SSSR count). The number of nitrogens with zero attached hydrogens (tertiary/aromatic N) is 1. The van der Waals surface area contributed by atoms with Crippen molar-refractivity contribution in [2.45, 2.75) is 31.8 Å². The maximum absolute atomic E-state index is 10.3. The number of rotatable bonds is 16. The molecule has 0 fully saturated rings. The van der Waals surface area contributed by atoms with Gasteiger partial charge in [0.25, 0.3) is 0 Å². The number of aliphatic hydroxyl groups excluding tert-OH is 3. The molecule has 178 valence electrons. The molecule has 0 heterocycles. The summed E-state index contributed by atoms with van der Waals surface area (Å²) in [6, 6.07) is 13.9. The molecule has 0 amide bonds. The van der Waals surface area contributed by atoms with Crippen LogP contribution in [-0.4, -0.2) is 80.0 Å². The predicted octanol–water partition coefficient (Wildman–Crippen LogP) is 2.30. The molecular weight excluding hydrogens is 410 g/mol. The summed E-state index contributed by atoms with van der Waals surface area (Å²) >= 11 is 0. The number of aryl methyl sites for hydroxylation is 2. The molecule has 1 unspecified atom stereocenters. The molecule has 32 heavy (non-hydrogen) atoms. The first-order valence-corrected chi connectivity index (χ1v) is 11.1. The highest BCUT2D eigenvalue weighted by molar-refractivity contribution is 5.38. The zero-order valence-corrected chi connectivity index (χ0v) is 19.2. The third-order valence-electron chi connectivity index (χ3n) is 5.28. The average molecular weight is 448 g/mol. The lowest BCUT2D eigenvalue weighted by Crippen LogP contribution is -2.38. The SMILES string of the molecule is COc1cc(CCCCc2ccccc2OCC(O)CN(CCO)CCO)cc(OC)c1. The standard InChI is InChI=1S/C25H37NO6/c1-30-23-15-20(16-24(17-23)31-2)7-3-4-8-21-9-5-6-10-25(21)32-19-22(29)18-26(11-13-27)12-14-28/h5-6,9-10,15-17,22,27-29H,3-4,7-8,11-14,18-19H2,1-2H3. The van der Waals surface area contributed by atoms with E-state index in [0.717, 1.165) is 48.5 Å². The van der Waals surface area contributed by atoms with Crippen LogP contribution in [0.4, 0.5) is 0 Å². The van der Waals surface area contributed by atoms with E-state index in [2.05, 4.69) is 6.07 Å². The maximum Gasteiger partial charge on any atom is 0.122 e. The molecule has 0 saturated heterocycles. The van der Waals surface area contributed by atoms with E-state index in [0.29, 0.717) is 19.6 Å². The van der Waals surface area contributed by atoms with Gasteiger partial charge in [-0.25, -0.2) is 0 Å². The lowest BCUT2D eigenvalue weighted by atomic mass is 10.0. The first-order valence-electron chi connectivity index (χ1n) is 11.1. The summed E-state index contributed by atoms with van der Waals surface area (Å²) in [5.74, 6) is 2.38. The van der Waals surface area contributed by atoms with Crippen LogP contribution in [0.5, 0.6) is 17.2 Å². The van der Waals surface area contributed by atoms with Crippen LogP contribution < -0.4 is 14.2 Å². The van der Waals surface area contributed by atoms with E-state index >= 15 is 0 Å². The molecule has 0 radical (unpaired) electrons. The van der Waals surface area contributed by atoms with Gasteiger partial charge < -0.3 is 29.5 Å². The quantitative estimate of drug-likeness (QED) is 0.340. The summed E-state index contributed by atoms with van der Waals surface area (Å²) in [6.07, 6.45) is 3.13. The minimum atomic E-state index is -0.704. The highest BCUT2D eigenvalue weighted by atomic mass is 16.5. The second-order valence-corrected chi connectivity index (χ2v) is 7.75. The number of aliphatic hydroxyl groups is 3. The second-order valence-electron chi connectivity index (χ2n) is 7.75. The molecule has 0 aromatic heterocycles. The van der Waals surface area contributed by atoms with Crippen molar-refractivity contribution in [3.05, 3.63) is 53.6 Å². The molecule has 3 N–H and O–H groups in total.